The van der Waals surface area contributed by atoms with Gasteiger partial charge in [0.1, 0.15) is 11.8 Å². The molecule has 2 saturated heterocycles. The molecule has 0 N–H and O–H groups in total. The first-order valence-electron chi connectivity index (χ1n) is 8.86. The molecule has 2 bridgehead atoms. The highest BCUT2D eigenvalue weighted by atomic mass is 35.5. The zero-order valence-electron chi connectivity index (χ0n) is 15.2. The molecule has 9 heteroatoms. The molecule has 0 radical (unpaired) electrons. The quantitative estimate of drug-likeness (QED) is 0.748. The maximum Gasteiger partial charge on any atom is 0.417 e. The number of hydrogen-bond donors (Lipinski definition) is 0. The molecule has 5 nitrogen and oxygen atoms in total. The molecule has 0 aliphatic carbocycles. The number of alkyl halides is 3. The number of rotatable bonds is 3. The molecule has 0 aromatic heterocycles. The Labute approximate surface area is 169 Å². The number of fused-ring (bicyclic) bond motifs is 2. The van der Waals surface area contributed by atoms with Crippen molar-refractivity contribution in [1.82, 2.24) is 4.90 Å². The highest BCUT2D eigenvalue weighted by Crippen LogP contribution is 2.40. The summed E-state index contributed by atoms with van der Waals surface area (Å²) in [5.74, 6) is -0.653. The summed E-state index contributed by atoms with van der Waals surface area (Å²) < 4.78 is 44.9. The number of benzene rings is 2. The predicted octanol–water partition coefficient (Wildman–Crippen LogP) is 4.00. The summed E-state index contributed by atoms with van der Waals surface area (Å²) in [5, 5.41) is 0.340. The summed E-state index contributed by atoms with van der Waals surface area (Å²) in [5.41, 5.74) is -0.880. The Kier molecular flexibility index (Phi) is 4.69. The summed E-state index contributed by atoms with van der Waals surface area (Å²) >= 11 is 6.14. The molecule has 0 unspecified atom stereocenters. The van der Waals surface area contributed by atoms with Gasteiger partial charge in [-0.25, -0.2) is 0 Å². The molecule has 2 aromatic carbocycles. The van der Waals surface area contributed by atoms with Gasteiger partial charge >= 0.3 is 6.18 Å². The van der Waals surface area contributed by atoms with Crippen LogP contribution in [0.3, 0.4) is 0 Å². The van der Waals surface area contributed by atoms with Crippen LogP contribution in [-0.2, 0) is 11.0 Å². The van der Waals surface area contributed by atoms with Crippen molar-refractivity contribution in [2.45, 2.75) is 24.7 Å². The van der Waals surface area contributed by atoms with E-state index < -0.39 is 29.3 Å². The fraction of sp³-hybridized carbons (Fsp3) is 0.300. The van der Waals surface area contributed by atoms with Crippen LogP contribution in [0.4, 0.5) is 18.9 Å². The summed E-state index contributed by atoms with van der Waals surface area (Å²) in [7, 11) is 1.48. The van der Waals surface area contributed by atoms with Crippen LogP contribution in [0.15, 0.2) is 42.5 Å². The normalized spacial score (nSPS) is 21.1. The monoisotopic (exact) mass is 424 g/mol. The van der Waals surface area contributed by atoms with E-state index in [0.717, 1.165) is 12.1 Å². The molecule has 2 amide bonds. The van der Waals surface area contributed by atoms with E-state index in [4.69, 9.17) is 16.3 Å². The Bertz CT molecular complexity index is 995. The van der Waals surface area contributed by atoms with Gasteiger partial charge in [0.05, 0.1) is 29.3 Å². The van der Waals surface area contributed by atoms with Crippen molar-refractivity contribution < 1.29 is 27.5 Å². The number of amides is 2. The third-order valence-electron chi connectivity index (χ3n) is 5.30. The van der Waals surface area contributed by atoms with Crippen LogP contribution in [0.2, 0.25) is 5.02 Å². The lowest BCUT2D eigenvalue weighted by Crippen LogP contribution is -2.52. The second-order valence-electron chi connectivity index (χ2n) is 6.93. The standard InChI is InChI=1S/C20H16ClF3N2O3/c1-29-17-7-6-11(8-15(17)21)26-12-9-16(19(26)28)25(10-12)18(27)13-4-2-3-5-14(13)20(22,23)24/h2-8,12,16H,9-10H2,1H3/t12-,16-/m0/s1. The molecule has 0 spiro atoms. The molecule has 29 heavy (non-hydrogen) atoms. The van der Waals surface area contributed by atoms with Crippen LogP contribution in [0.25, 0.3) is 0 Å². The first-order chi connectivity index (χ1) is 13.7. The van der Waals surface area contributed by atoms with E-state index in [1.165, 1.54) is 24.1 Å². The van der Waals surface area contributed by atoms with Crippen LogP contribution in [-0.4, -0.2) is 42.5 Å². The van der Waals surface area contributed by atoms with E-state index in [9.17, 15) is 22.8 Å². The SMILES string of the molecule is COc1ccc(N2C(=O)[C@@H]3C[C@H]2CN3C(=O)c2ccccc2C(F)(F)F)cc1Cl. The topological polar surface area (TPSA) is 49.9 Å². The van der Waals surface area contributed by atoms with Gasteiger partial charge in [-0.1, -0.05) is 23.7 Å². The van der Waals surface area contributed by atoms with Crippen molar-refractivity contribution in [3.05, 3.63) is 58.6 Å². The van der Waals surface area contributed by atoms with E-state index in [-0.39, 0.29) is 18.5 Å². The number of anilines is 1. The molecular weight excluding hydrogens is 409 g/mol. The number of carbonyl (C=O) groups is 2. The summed E-state index contributed by atoms with van der Waals surface area (Å²) in [6, 6.07) is 8.43. The molecule has 4 rings (SSSR count). The minimum absolute atomic E-state index is 0.158. The first kappa shape index (κ1) is 19.6. The highest BCUT2D eigenvalue weighted by molar-refractivity contribution is 6.32. The Morgan fingerprint density at radius 3 is 2.55 bits per heavy atom. The number of piperazine rings is 1. The molecule has 2 aliphatic heterocycles. The lowest BCUT2D eigenvalue weighted by atomic mass is 10.1. The van der Waals surface area contributed by atoms with Gasteiger partial charge in [-0.2, -0.15) is 13.2 Å². The van der Waals surface area contributed by atoms with Crippen LogP contribution in [0, 0.1) is 0 Å². The van der Waals surface area contributed by atoms with Gasteiger partial charge in [-0.15, -0.1) is 0 Å². The number of ether oxygens (including phenoxy) is 1. The van der Waals surface area contributed by atoms with Crippen molar-refractivity contribution in [3.63, 3.8) is 0 Å². The summed E-state index contributed by atoms with van der Waals surface area (Å²) in [6.45, 7) is 0.158. The van der Waals surface area contributed by atoms with Gasteiger partial charge < -0.3 is 14.5 Å². The van der Waals surface area contributed by atoms with Crippen LogP contribution >= 0.6 is 11.6 Å². The molecule has 152 valence electrons. The molecule has 0 saturated carbocycles. The van der Waals surface area contributed by atoms with E-state index >= 15 is 0 Å². The van der Waals surface area contributed by atoms with Gasteiger partial charge in [0.25, 0.3) is 5.91 Å². The van der Waals surface area contributed by atoms with Crippen molar-refractivity contribution in [2.75, 3.05) is 18.6 Å². The van der Waals surface area contributed by atoms with Crippen LogP contribution in [0.1, 0.15) is 22.3 Å². The fourth-order valence-electron chi connectivity index (χ4n) is 4.01. The fourth-order valence-corrected chi connectivity index (χ4v) is 4.27. The molecule has 2 fully saturated rings. The number of halogens is 4. The first-order valence-corrected chi connectivity index (χ1v) is 9.24. The minimum atomic E-state index is -4.65. The number of methoxy groups -OCH3 is 1. The van der Waals surface area contributed by atoms with E-state index in [1.54, 1.807) is 23.1 Å². The maximum absolute atomic E-state index is 13.3. The summed E-state index contributed by atoms with van der Waals surface area (Å²) in [6.07, 6.45) is -4.29. The van der Waals surface area contributed by atoms with Crippen LogP contribution < -0.4 is 9.64 Å². The van der Waals surface area contributed by atoms with Gasteiger partial charge in [-0.05, 0) is 36.8 Å². The Morgan fingerprint density at radius 2 is 1.93 bits per heavy atom. The second-order valence-corrected chi connectivity index (χ2v) is 7.34. The number of nitrogens with zero attached hydrogens (tertiary/aromatic N) is 2. The Balaban J connectivity index is 1.60. The van der Waals surface area contributed by atoms with Crippen molar-refractivity contribution in [1.29, 1.82) is 0 Å². The van der Waals surface area contributed by atoms with Gasteiger partial charge in [0, 0.05) is 12.2 Å². The zero-order valence-corrected chi connectivity index (χ0v) is 16.0. The number of likely N-dealkylation sites (tertiary alicyclic amines) is 1. The minimum Gasteiger partial charge on any atom is -0.495 e. The lowest BCUT2D eigenvalue weighted by Gasteiger charge is -2.34. The van der Waals surface area contributed by atoms with Crippen molar-refractivity contribution >= 4 is 29.1 Å². The van der Waals surface area contributed by atoms with Crippen molar-refractivity contribution in [2.24, 2.45) is 0 Å². The number of hydrogen-bond acceptors (Lipinski definition) is 3. The van der Waals surface area contributed by atoms with E-state index in [1.807, 2.05) is 0 Å². The molecule has 2 aliphatic rings. The van der Waals surface area contributed by atoms with Gasteiger partial charge in [0.15, 0.2) is 0 Å². The van der Waals surface area contributed by atoms with Crippen LogP contribution in [0.5, 0.6) is 5.75 Å². The van der Waals surface area contributed by atoms with Crippen molar-refractivity contribution in [3.8, 4) is 5.75 Å². The average Bonchev–Trinajstić information content (AvgIpc) is 3.25. The van der Waals surface area contributed by atoms with Gasteiger partial charge in [-0.3, -0.25) is 9.59 Å². The zero-order chi connectivity index (χ0) is 20.9. The molecule has 2 atom stereocenters. The number of carbonyl (C=O) groups excluding carboxylic acids is 2. The lowest BCUT2D eigenvalue weighted by molar-refractivity contribution is -0.138. The molecular formula is C20H16ClF3N2O3. The Hall–Kier alpha value is -2.74. The largest absolute Gasteiger partial charge is 0.495 e. The third-order valence-corrected chi connectivity index (χ3v) is 5.60. The second kappa shape index (κ2) is 6.95. The average molecular weight is 425 g/mol. The molecule has 2 aromatic rings. The van der Waals surface area contributed by atoms with Gasteiger partial charge in [0.2, 0.25) is 5.91 Å². The smallest absolute Gasteiger partial charge is 0.417 e. The predicted molar refractivity (Wildman–Crippen MR) is 100 cm³/mol. The highest BCUT2D eigenvalue weighted by Gasteiger charge is 2.52. The van der Waals surface area contributed by atoms with E-state index in [2.05, 4.69) is 0 Å². The molecule has 2 heterocycles. The Morgan fingerprint density at radius 1 is 1.21 bits per heavy atom. The maximum atomic E-state index is 13.3. The van der Waals surface area contributed by atoms with E-state index in [0.29, 0.717) is 22.9 Å². The summed E-state index contributed by atoms with van der Waals surface area (Å²) in [4.78, 5) is 28.5. The third kappa shape index (κ3) is 3.21.